The Balaban J connectivity index is 0.00000192. The van der Waals surface area contributed by atoms with Crippen LogP contribution in [0.25, 0.3) is 0 Å². The van der Waals surface area contributed by atoms with Gasteiger partial charge < -0.3 is 15.1 Å². The maximum atomic E-state index is 11.4. The smallest absolute Gasteiger partial charge is 0.219 e. The second kappa shape index (κ2) is 8.48. The van der Waals surface area contributed by atoms with Gasteiger partial charge >= 0.3 is 0 Å². The number of rotatable bonds is 2. The molecule has 4 aliphatic rings. The zero-order valence-electron chi connectivity index (χ0n) is 14.2. The molecule has 4 saturated heterocycles. The molecule has 1 atom stereocenters. The molecule has 132 valence electrons. The van der Waals surface area contributed by atoms with Crippen molar-refractivity contribution < 1.29 is 4.79 Å². The van der Waals surface area contributed by atoms with Crippen molar-refractivity contribution in [1.82, 2.24) is 24.9 Å². The highest BCUT2D eigenvalue weighted by molar-refractivity contribution is 14.0. The van der Waals surface area contributed by atoms with E-state index in [0.717, 1.165) is 38.7 Å². The van der Waals surface area contributed by atoms with Crippen LogP contribution in [0, 0.1) is 0 Å². The van der Waals surface area contributed by atoms with Crippen LogP contribution >= 0.6 is 24.0 Å². The normalized spacial score (nSPS) is 30.9. The third-order valence-corrected chi connectivity index (χ3v) is 5.12. The first-order chi connectivity index (χ1) is 10.7. The second-order valence-electron chi connectivity index (χ2n) is 6.41. The fourth-order valence-electron chi connectivity index (χ4n) is 3.69. The average Bonchev–Trinajstić information content (AvgIpc) is 2.57. The van der Waals surface area contributed by atoms with Crippen molar-refractivity contribution in [2.45, 2.75) is 13.0 Å². The fraction of sp³-hybridized carbons (Fsp3) is 0.867. The van der Waals surface area contributed by atoms with E-state index in [-0.39, 0.29) is 29.9 Å². The van der Waals surface area contributed by atoms with Crippen LogP contribution in [0.5, 0.6) is 0 Å². The number of piperazine rings is 4. The topological polar surface area (TPSA) is 54.4 Å². The number of amides is 1. The van der Waals surface area contributed by atoms with Crippen molar-refractivity contribution in [3.63, 3.8) is 0 Å². The highest BCUT2D eigenvalue weighted by Gasteiger charge is 2.32. The number of nitrogens with zero attached hydrogens (tertiary/aromatic N) is 5. The summed E-state index contributed by atoms with van der Waals surface area (Å²) >= 11 is 0. The summed E-state index contributed by atoms with van der Waals surface area (Å²) in [5, 5.41) is 3.54. The van der Waals surface area contributed by atoms with Crippen LogP contribution in [0.3, 0.4) is 0 Å². The summed E-state index contributed by atoms with van der Waals surface area (Å²) in [6, 6.07) is 0.595. The molecule has 0 saturated carbocycles. The minimum absolute atomic E-state index is 0. The van der Waals surface area contributed by atoms with Gasteiger partial charge in [0.15, 0.2) is 5.96 Å². The van der Waals surface area contributed by atoms with Crippen LogP contribution < -0.4 is 5.32 Å². The number of hydrogen-bond donors (Lipinski definition) is 1. The van der Waals surface area contributed by atoms with E-state index >= 15 is 0 Å². The predicted molar refractivity (Wildman–Crippen MR) is 102 cm³/mol. The lowest BCUT2D eigenvalue weighted by Gasteiger charge is -2.47. The summed E-state index contributed by atoms with van der Waals surface area (Å²) in [4.78, 5) is 25.1. The average molecular weight is 436 g/mol. The van der Waals surface area contributed by atoms with Crippen LogP contribution in [-0.2, 0) is 4.79 Å². The third kappa shape index (κ3) is 4.48. The van der Waals surface area contributed by atoms with Gasteiger partial charge in [-0.15, -0.1) is 24.0 Å². The van der Waals surface area contributed by atoms with E-state index in [2.05, 4.69) is 25.0 Å². The van der Waals surface area contributed by atoms with Crippen molar-refractivity contribution in [1.29, 1.82) is 0 Å². The van der Waals surface area contributed by atoms with E-state index in [9.17, 15) is 4.79 Å². The van der Waals surface area contributed by atoms with Gasteiger partial charge in [-0.1, -0.05) is 0 Å². The molecule has 1 N–H and O–H groups in total. The molecule has 4 heterocycles. The summed E-state index contributed by atoms with van der Waals surface area (Å²) < 4.78 is 0. The van der Waals surface area contributed by atoms with Gasteiger partial charge in [0.1, 0.15) is 0 Å². The predicted octanol–water partition coefficient (Wildman–Crippen LogP) is -0.656. The van der Waals surface area contributed by atoms with E-state index in [1.165, 1.54) is 32.7 Å². The van der Waals surface area contributed by atoms with E-state index in [1.54, 1.807) is 6.92 Å². The molecular formula is C15H29IN6O. The lowest BCUT2D eigenvalue weighted by atomic mass is 10.1. The lowest BCUT2D eigenvalue weighted by Crippen LogP contribution is -2.64. The molecule has 0 spiro atoms. The number of carbonyl (C=O) groups is 1. The number of carbonyl (C=O) groups excluding carboxylic acids is 1. The number of aliphatic imine (C=N–C) groups is 1. The first-order valence-electron chi connectivity index (χ1n) is 8.35. The number of nitrogens with one attached hydrogen (secondary N) is 1. The molecule has 0 aliphatic carbocycles. The summed E-state index contributed by atoms with van der Waals surface area (Å²) in [7, 11) is 1.84. The van der Waals surface area contributed by atoms with Crippen LogP contribution in [0.2, 0.25) is 0 Å². The van der Waals surface area contributed by atoms with Crippen molar-refractivity contribution in [2.24, 2.45) is 4.99 Å². The van der Waals surface area contributed by atoms with Gasteiger partial charge in [0.05, 0.1) is 0 Å². The maximum absolute atomic E-state index is 11.4. The highest BCUT2D eigenvalue weighted by atomic mass is 127. The van der Waals surface area contributed by atoms with Crippen molar-refractivity contribution in [3.8, 4) is 0 Å². The SMILES string of the molecule is CN=C(NCC1CN2CCN1CC2)N1CCN(C(C)=O)CC1.I. The minimum atomic E-state index is 0. The second-order valence-corrected chi connectivity index (χ2v) is 6.41. The Labute approximate surface area is 156 Å². The van der Waals surface area contributed by atoms with Gasteiger partial charge in [0, 0.05) is 85.5 Å². The molecule has 4 rings (SSSR count). The molecular weight excluding hydrogens is 407 g/mol. The highest BCUT2D eigenvalue weighted by Crippen LogP contribution is 2.15. The maximum Gasteiger partial charge on any atom is 0.219 e. The molecule has 2 bridgehead atoms. The molecule has 0 aromatic rings. The van der Waals surface area contributed by atoms with E-state index in [1.807, 2.05) is 11.9 Å². The van der Waals surface area contributed by atoms with Gasteiger partial charge in [-0.3, -0.25) is 19.6 Å². The molecule has 23 heavy (non-hydrogen) atoms. The minimum Gasteiger partial charge on any atom is -0.355 e. The first kappa shape index (κ1) is 18.7. The molecule has 4 fully saturated rings. The molecule has 1 unspecified atom stereocenters. The molecule has 0 aromatic carbocycles. The lowest BCUT2D eigenvalue weighted by molar-refractivity contribution is -0.130. The van der Waals surface area contributed by atoms with Crippen molar-refractivity contribution >= 4 is 35.8 Å². The zero-order chi connectivity index (χ0) is 15.5. The van der Waals surface area contributed by atoms with E-state index < -0.39 is 0 Å². The Bertz CT molecular complexity index is 430. The van der Waals surface area contributed by atoms with Gasteiger partial charge in [-0.2, -0.15) is 0 Å². The summed E-state index contributed by atoms with van der Waals surface area (Å²) in [5.74, 6) is 1.14. The zero-order valence-corrected chi connectivity index (χ0v) is 16.5. The number of halogens is 1. The standard InChI is InChI=1S/C15H28N6O.HI/c1-13(22)19-7-9-21(10-8-19)15(16-2)17-11-14-12-18-3-5-20(14)6-4-18;/h14H,3-12H2,1-2H3,(H,16,17);1H. The number of hydrogen-bond acceptors (Lipinski definition) is 4. The molecule has 4 aliphatic heterocycles. The Morgan fingerprint density at radius 1 is 1.04 bits per heavy atom. The van der Waals surface area contributed by atoms with Crippen molar-refractivity contribution in [3.05, 3.63) is 0 Å². The van der Waals surface area contributed by atoms with Gasteiger partial charge in [0.25, 0.3) is 0 Å². The number of guanidine groups is 1. The Kier molecular flexibility index (Phi) is 6.90. The van der Waals surface area contributed by atoms with Crippen LogP contribution in [0.4, 0.5) is 0 Å². The van der Waals surface area contributed by atoms with Crippen LogP contribution in [0.15, 0.2) is 4.99 Å². The molecule has 8 heteroatoms. The largest absolute Gasteiger partial charge is 0.355 e. The Morgan fingerprint density at radius 3 is 2.13 bits per heavy atom. The van der Waals surface area contributed by atoms with E-state index in [4.69, 9.17) is 0 Å². The summed E-state index contributed by atoms with van der Waals surface area (Å²) in [6.07, 6.45) is 0. The molecule has 0 aromatic heterocycles. The Morgan fingerprint density at radius 2 is 1.65 bits per heavy atom. The van der Waals surface area contributed by atoms with E-state index in [0.29, 0.717) is 6.04 Å². The van der Waals surface area contributed by atoms with Gasteiger partial charge in [-0.05, 0) is 0 Å². The van der Waals surface area contributed by atoms with Crippen LogP contribution in [0.1, 0.15) is 6.92 Å². The summed E-state index contributed by atoms with van der Waals surface area (Å²) in [6.45, 7) is 11.9. The monoisotopic (exact) mass is 436 g/mol. The number of fused-ring (bicyclic) bond motifs is 3. The molecule has 0 radical (unpaired) electrons. The molecule has 7 nitrogen and oxygen atoms in total. The first-order valence-corrected chi connectivity index (χ1v) is 8.35. The quantitative estimate of drug-likeness (QED) is 0.354. The summed E-state index contributed by atoms with van der Waals surface area (Å²) in [5.41, 5.74) is 0. The van der Waals surface area contributed by atoms with Gasteiger partial charge in [0.2, 0.25) is 5.91 Å². The molecule has 1 amide bonds. The van der Waals surface area contributed by atoms with Gasteiger partial charge in [-0.25, -0.2) is 0 Å². The van der Waals surface area contributed by atoms with Crippen LogP contribution in [-0.4, -0.2) is 110 Å². The third-order valence-electron chi connectivity index (χ3n) is 5.12. The van der Waals surface area contributed by atoms with Crippen molar-refractivity contribution in [2.75, 3.05) is 72.5 Å². The fourth-order valence-corrected chi connectivity index (χ4v) is 3.69. The Hall–Kier alpha value is -0.610.